The number of carbonyl (C=O) groups excluding carboxylic acids is 3. The van der Waals surface area contributed by atoms with Gasteiger partial charge in [-0.3, -0.25) is 14.4 Å². The number of carboxylic acids is 1. The molecular weight excluding hydrogens is 386 g/mol. The average Bonchev–Trinajstić information content (AvgIpc) is 2.67. The summed E-state index contributed by atoms with van der Waals surface area (Å²) in [6, 6.07) is -4.90. The Morgan fingerprint density at radius 1 is 0.862 bits per heavy atom. The first-order chi connectivity index (χ1) is 13.6. The Labute approximate surface area is 169 Å². The number of hydrogen-bond acceptors (Lipinski definition) is 8. The molecule has 0 heterocycles. The van der Waals surface area contributed by atoms with Crippen molar-refractivity contribution >= 4 is 23.7 Å². The molecule has 0 aliphatic rings. The molecule has 0 spiro atoms. The van der Waals surface area contributed by atoms with Gasteiger partial charge in [0.25, 0.3) is 0 Å². The van der Waals surface area contributed by atoms with Gasteiger partial charge in [0.05, 0.1) is 19.3 Å². The van der Waals surface area contributed by atoms with E-state index in [1.54, 1.807) is 13.8 Å². The first kappa shape index (κ1) is 26.7. The number of aliphatic hydroxyl groups excluding tert-OH is 2. The van der Waals surface area contributed by atoms with Crippen molar-refractivity contribution in [1.29, 1.82) is 0 Å². The number of carbonyl (C=O) groups is 4. The molecule has 0 aromatic rings. The number of hydrogen-bond donors (Lipinski definition) is 8. The standard InChI is InChI=1S/C17H33N5O7/c1-9(2)13(16(27)21-12(8-24)17(28)29)22-15(26)11(7-23)20-14(25)10(19)5-3-4-6-18/h9-13,23-24H,3-8,18-19H2,1-2H3,(H,20,25)(H,21,27)(H,22,26)(H,28,29). The predicted molar refractivity (Wildman–Crippen MR) is 103 cm³/mol. The summed E-state index contributed by atoms with van der Waals surface area (Å²) in [5.74, 6) is -4.16. The summed E-state index contributed by atoms with van der Waals surface area (Å²) in [6.45, 7) is 2.14. The molecule has 0 saturated heterocycles. The highest BCUT2D eigenvalue weighted by molar-refractivity contribution is 5.94. The van der Waals surface area contributed by atoms with Crippen LogP contribution in [0.15, 0.2) is 0 Å². The van der Waals surface area contributed by atoms with Gasteiger partial charge in [-0.2, -0.15) is 0 Å². The maximum atomic E-state index is 12.4. The van der Waals surface area contributed by atoms with Gasteiger partial charge in [-0.05, 0) is 25.3 Å². The SMILES string of the molecule is CC(C)C(NC(=O)C(CO)NC(=O)C(N)CCCCN)C(=O)NC(CO)C(=O)O. The Morgan fingerprint density at radius 2 is 1.41 bits per heavy atom. The molecule has 12 nitrogen and oxygen atoms in total. The summed E-state index contributed by atoms with van der Waals surface area (Å²) >= 11 is 0. The van der Waals surface area contributed by atoms with Crippen LogP contribution < -0.4 is 27.4 Å². The number of carboxylic acid groups (broad SMARTS) is 1. The molecule has 0 aromatic heterocycles. The topological polar surface area (TPSA) is 217 Å². The van der Waals surface area contributed by atoms with Gasteiger partial charge in [0.1, 0.15) is 18.1 Å². The second-order valence-electron chi connectivity index (χ2n) is 6.95. The monoisotopic (exact) mass is 419 g/mol. The van der Waals surface area contributed by atoms with E-state index in [0.29, 0.717) is 25.8 Å². The van der Waals surface area contributed by atoms with Crippen molar-refractivity contribution in [3.05, 3.63) is 0 Å². The zero-order valence-corrected chi connectivity index (χ0v) is 16.8. The predicted octanol–water partition coefficient (Wildman–Crippen LogP) is -3.38. The summed E-state index contributed by atoms with van der Waals surface area (Å²) < 4.78 is 0. The van der Waals surface area contributed by atoms with Gasteiger partial charge < -0.3 is 42.7 Å². The van der Waals surface area contributed by atoms with Gasteiger partial charge in [0, 0.05) is 0 Å². The number of nitrogens with one attached hydrogen (secondary N) is 3. The summed E-state index contributed by atoms with van der Waals surface area (Å²) in [4.78, 5) is 47.8. The minimum Gasteiger partial charge on any atom is -0.480 e. The molecule has 0 saturated carbocycles. The highest BCUT2D eigenvalue weighted by Gasteiger charge is 2.31. The normalized spacial score (nSPS) is 15.1. The van der Waals surface area contributed by atoms with Crippen molar-refractivity contribution in [3.63, 3.8) is 0 Å². The number of amides is 3. The number of nitrogens with two attached hydrogens (primary N) is 2. The molecule has 29 heavy (non-hydrogen) atoms. The van der Waals surface area contributed by atoms with Crippen LogP contribution in [0.1, 0.15) is 33.1 Å². The molecule has 0 bridgehead atoms. The molecule has 4 atom stereocenters. The fourth-order valence-corrected chi connectivity index (χ4v) is 2.35. The van der Waals surface area contributed by atoms with E-state index < -0.39 is 67.0 Å². The Bertz CT molecular complexity index is 558. The molecule has 0 aliphatic heterocycles. The fraction of sp³-hybridized carbons (Fsp3) is 0.765. The van der Waals surface area contributed by atoms with Crippen LogP contribution in [0.25, 0.3) is 0 Å². The highest BCUT2D eigenvalue weighted by Crippen LogP contribution is 2.04. The third kappa shape index (κ3) is 9.65. The molecule has 0 radical (unpaired) electrons. The zero-order valence-electron chi connectivity index (χ0n) is 16.8. The molecular formula is C17H33N5O7. The lowest BCUT2D eigenvalue weighted by atomic mass is 10.0. The minimum absolute atomic E-state index is 0.359. The molecule has 12 heteroatoms. The summed E-state index contributed by atoms with van der Waals surface area (Å²) in [7, 11) is 0. The van der Waals surface area contributed by atoms with Gasteiger partial charge >= 0.3 is 5.97 Å². The molecule has 3 amide bonds. The van der Waals surface area contributed by atoms with Crippen LogP contribution in [0.5, 0.6) is 0 Å². The van der Waals surface area contributed by atoms with Crippen LogP contribution in [-0.2, 0) is 19.2 Å². The molecule has 10 N–H and O–H groups in total. The smallest absolute Gasteiger partial charge is 0.328 e. The van der Waals surface area contributed by atoms with Crippen molar-refractivity contribution < 1.29 is 34.5 Å². The third-order valence-corrected chi connectivity index (χ3v) is 4.17. The van der Waals surface area contributed by atoms with E-state index in [9.17, 15) is 24.3 Å². The van der Waals surface area contributed by atoms with Crippen LogP contribution in [0.3, 0.4) is 0 Å². The molecule has 4 unspecified atom stereocenters. The second kappa shape index (κ2) is 13.8. The average molecular weight is 419 g/mol. The van der Waals surface area contributed by atoms with Crippen molar-refractivity contribution in [2.45, 2.75) is 57.3 Å². The van der Waals surface area contributed by atoms with E-state index >= 15 is 0 Å². The Morgan fingerprint density at radius 3 is 1.86 bits per heavy atom. The maximum Gasteiger partial charge on any atom is 0.328 e. The largest absolute Gasteiger partial charge is 0.480 e. The Hall–Kier alpha value is -2.28. The Kier molecular flexibility index (Phi) is 12.7. The third-order valence-electron chi connectivity index (χ3n) is 4.17. The van der Waals surface area contributed by atoms with E-state index in [0.717, 1.165) is 0 Å². The lowest BCUT2D eigenvalue weighted by Gasteiger charge is -2.26. The minimum atomic E-state index is -1.53. The van der Waals surface area contributed by atoms with Gasteiger partial charge in [-0.1, -0.05) is 20.3 Å². The lowest BCUT2D eigenvalue weighted by Crippen LogP contribution is -2.59. The van der Waals surface area contributed by atoms with Gasteiger partial charge in [0.2, 0.25) is 17.7 Å². The fourth-order valence-electron chi connectivity index (χ4n) is 2.35. The van der Waals surface area contributed by atoms with Crippen LogP contribution in [0.2, 0.25) is 0 Å². The molecule has 168 valence electrons. The highest BCUT2D eigenvalue weighted by atomic mass is 16.4. The second-order valence-corrected chi connectivity index (χ2v) is 6.95. The van der Waals surface area contributed by atoms with Crippen molar-refractivity contribution in [1.82, 2.24) is 16.0 Å². The number of aliphatic carboxylic acids is 1. The summed E-state index contributed by atoms with van der Waals surface area (Å²) in [5.41, 5.74) is 11.1. The van der Waals surface area contributed by atoms with Crippen LogP contribution in [0.4, 0.5) is 0 Å². The van der Waals surface area contributed by atoms with Crippen molar-refractivity contribution in [2.24, 2.45) is 17.4 Å². The van der Waals surface area contributed by atoms with E-state index in [4.69, 9.17) is 21.7 Å². The van der Waals surface area contributed by atoms with E-state index in [2.05, 4.69) is 16.0 Å². The molecule has 0 fully saturated rings. The van der Waals surface area contributed by atoms with E-state index in [-0.39, 0.29) is 0 Å². The van der Waals surface area contributed by atoms with Gasteiger partial charge in [-0.15, -0.1) is 0 Å². The van der Waals surface area contributed by atoms with Crippen molar-refractivity contribution in [2.75, 3.05) is 19.8 Å². The number of aliphatic hydroxyl groups is 2. The summed E-state index contributed by atoms with van der Waals surface area (Å²) in [5, 5.41) is 34.2. The summed E-state index contributed by atoms with van der Waals surface area (Å²) in [6.07, 6.45) is 1.69. The zero-order chi connectivity index (χ0) is 22.6. The molecule has 0 aliphatic carbocycles. The van der Waals surface area contributed by atoms with Crippen LogP contribution in [-0.4, -0.2) is 82.9 Å². The van der Waals surface area contributed by atoms with Gasteiger partial charge in [-0.25, -0.2) is 4.79 Å². The number of rotatable bonds is 14. The molecule has 0 rings (SSSR count). The van der Waals surface area contributed by atoms with Crippen LogP contribution in [0, 0.1) is 5.92 Å². The lowest BCUT2D eigenvalue weighted by molar-refractivity contribution is -0.143. The van der Waals surface area contributed by atoms with Gasteiger partial charge in [0.15, 0.2) is 0 Å². The van der Waals surface area contributed by atoms with Crippen LogP contribution >= 0.6 is 0 Å². The van der Waals surface area contributed by atoms with E-state index in [1.165, 1.54) is 0 Å². The maximum absolute atomic E-state index is 12.4. The Balaban J connectivity index is 4.98. The number of unbranched alkanes of at least 4 members (excludes halogenated alkanes) is 1. The quantitative estimate of drug-likeness (QED) is 0.131. The van der Waals surface area contributed by atoms with E-state index in [1.807, 2.05) is 0 Å². The first-order valence-corrected chi connectivity index (χ1v) is 9.40. The van der Waals surface area contributed by atoms with Crippen molar-refractivity contribution in [3.8, 4) is 0 Å². The molecule has 0 aromatic carbocycles. The first-order valence-electron chi connectivity index (χ1n) is 9.40.